The van der Waals surface area contributed by atoms with E-state index in [-0.39, 0.29) is 18.9 Å². The number of benzene rings is 1. The normalized spacial score (nSPS) is 12.1. The summed E-state index contributed by atoms with van der Waals surface area (Å²) in [6, 6.07) is 8.00. The Morgan fingerprint density at radius 3 is 2.95 bits per heavy atom. The van der Waals surface area contributed by atoms with Gasteiger partial charge in [-0.15, -0.1) is 0 Å². The SMILES string of the molecule is COc1cc(NCC(O)COCc2ccco2)ccc1F. The minimum atomic E-state index is -0.684. The van der Waals surface area contributed by atoms with Crippen molar-refractivity contribution in [3.63, 3.8) is 0 Å². The molecule has 2 aromatic rings. The molecule has 5 nitrogen and oxygen atoms in total. The summed E-state index contributed by atoms with van der Waals surface area (Å²) in [5.74, 6) is 0.437. The fraction of sp³-hybridized carbons (Fsp3) is 0.333. The quantitative estimate of drug-likeness (QED) is 0.783. The number of aliphatic hydroxyl groups is 1. The van der Waals surface area contributed by atoms with E-state index in [1.54, 1.807) is 24.5 Å². The zero-order chi connectivity index (χ0) is 15.1. The average molecular weight is 295 g/mol. The van der Waals surface area contributed by atoms with Crippen LogP contribution in [0.1, 0.15) is 5.76 Å². The van der Waals surface area contributed by atoms with Crippen LogP contribution in [0.4, 0.5) is 10.1 Å². The first-order valence-electron chi connectivity index (χ1n) is 6.54. The first-order chi connectivity index (χ1) is 10.2. The minimum absolute atomic E-state index is 0.156. The van der Waals surface area contributed by atoms with Crippen molar-refractivity contribution in [3.8, 4) is 5.75 Å². The van der Waals surface area contributed by atoms with Gasteiger partial charge >= 0.3 is 0 Å². The molecule has 1 heterocycles. The number of aliphatic hydroxyl groups excluding tert-OH is 1. The summed E-state index contributed by atoms with van der Waals surface area (Å²) in [4.78, 5) is 0. The van der Waals surface area contributed by atoms with Crippen LogP contribution in [-0.4, -0.2) is 31.5 Å². The van der Waals surface area contributed by atoms with Crippen molar-refractivity contribution in [1.82, 2.24) is 0 Å². The highest BCUT2D eigenvalue weighted by Crippen LogP contribution is 2.21. The van der Waals surface area contributed by atoms with Gasteiger partial charge in [-0.3, -0.25) is 0 Å². The summed E-state index contributed by atoms with van der Waals surface area (Å²) >= 11 is 0. The molecule has 0 aliphatic rings. The van der Waals surface area contributed by atoms with E-state index in [9.17, 15) is 9.50 Å². The van der Waals surface area contributed by atoms with Crippen molar-refractivity contribution in [2.24, 2.45) is 0 Å². The lowest BCUT2D eigenvalue weighted by Crippen LogP contribution is -2.24. The molecule has 1 aromatic heterocycles. The number of anilines is 1. The molecule has 0 fully saturated rings. The van der Waals surface area contributed by atoms with Crippen molar-refractivity contribution in [2.75, 3.05) is 25.6 Å². The molecule has 0 aliphatic carbocycles. The molecule has 0 amide bonds. The second kappa shape index (κ2) is 7.66. The number of hydrogen-bond acceptors (Lipinski definition) is 5. The van der Waals surface area contributed by atoms with Crippen molar-refractivity contribution in [1.29, 1.82) is 0 Å². The Labute approximate surface area is 122 Å². The van der Waals surface area contributed by atoms with Crippen LogP contribution in [0.15, 0.2) is 41.0 Å². The lowest BCUT2D eigenvalue weighted by Gasteiger charge is -2.13. The minimum Gasteiger partial charge on any atom is -0.494 e. The van der Waals surface area contributed by atoms with E-state index >= 15 is 0 Å². The Morgan fingerprint density at radius 2 is 2.24 bits per heavy atom. The molecular weight excluding hydrogens is 277 g/mol. The van der Waals surface area contributed by atoms with Crippen LogP contribution < -0.4 is 10.1 Å². The maximum Gasteiger partial charge on any atom is 0.165 e. The first kappa shape index (κ1) is 15.3. The topological polar surface area (TPSA) is 63.9 Å². The largest absolute Gasteiger partial charge is 0.494 e. The van der Waals surface area contributed by atoms with Crippen molar-refractivity contribution < 1.29 is 23.4 Å². The van der Waals surface area contributed by atoms with Gasteiger partial charge in [-0.2, -0.15) is 0 Å². The van der Waals surface area contributed by atoms with Gasteiger partial charge in [0, 0.05) is 18.3 Å². The molecule has 6 heteroatoms. The Bertz CT molecular complexity index is 545. The lowest BCUT2D eigenvalue weighted by molar-refractivity contribution is 0.0282. The third-order valence-corrected chi connectivity index (χ3v) is 2.83. The van der Waals surface area contributed by atoms with Crippen LogP contribution >= 0.6 is 0 Å². The number of nitrogens with one attached hydrogen (secondary N) is 1. The molecule has 0 radical (unpaired) electrons. The summed E-state index contributed by atoms with van der Waals surface area (Å²) < 4.78 is 28.6. The summed E-state index contributed by atoms with van der Waals surface area (Å²) in [6.45, 7) is 0.771. The van der Waals surface area contributed by atoms with Crippen LogP contribution in [-0.2, 0) is 11.3 Å². The van der Waals surface area contributed by atoms with Gasteiger partial charge in [0.1, 0.15) is 12.4 Å². The molecule has 0 saturated heterocycles. The third kappa shape index (κ3) is 4.77. The molecule has 21 heavy (non-hydrogen) atoms. The standard InChI is InChI=1S/C15H18FNO4/c1-19-15-7-11(4-5-14(15)16)17-8-12(18)9-20-10-13-3-2-6-21-13/h2-7,12,17-18H,8-10H2,1H3. The summed E-state index contributed by atoms with van der Waals surface area (Å²) in [6.07, 6.45) is 0.884. The summed E-state index contributed by atoms with van der Waals surface area (Å²) in [5, 5.41) is 12.8. The van der Waals surface area contributed by atoms with Crippen LogP contribution in [0.2, 0.25) is 0 Å². The van der Waals surface area contributed by atoms with Gasteiger partial charge in [-0.05, 0) is 24.3 Å². The lowest BCUT2D eigenvalue weighted by atomic mass is 10.2. The Kier molecular flexibility index (Phi) is 5.59. The van der Waals surface area contributed by atoms with E-state index in [2.05, 4.69) is 5.32 Å². The number of furan rings is 1. The number of methoxy groups -OCH3 is 1. The van der Waals surface area contributed by atoms with E-state index in [0.29, 0.717) is 18.1 Å². The summed E-state index contributed by atoms with van der Waals surface area (Å²) in [7, 11) is 1.40. The predicted octanol–water partition coefficient (Wildman–Crippen LogP) is 2.42. The number of ether oxygens (including phenoxy) is 2. The Balaban J connectivity index is 1.72. The molecule has 0 aliphatic heterocycles. The zero-order valence-electron chi connectivity index (χ0n) is 11.7. The van der Waals surface area contributed by atoms with E-state index in [0.717, 1.165) is 0 Å². The second-order valence-corrected chi connectivity index (χ2v) is 4.48. The molecule has 0 saturated carbocycles. The predicted molar refractivity (Wildman–Crippen MR) is 75.8 cm³/mol. The first-order valence-corrected chi connectivity index (χ1v) is 6.54. The maximum absolute atomic E-state index is 13.2. The molecule has 114 valence electrons. The van der Waals surface area contributed by atoms with Crippen LogP contribution in [0.5, 0.6) is 5.75 Å². The van der Waals surface area contributed by atoms with Crippen molar-refractivity contribution in [2.45, 2.75) is 12.7 Å². The average Bonchev–Trinajstić information content (AvgIpc) is 2.99. The maximum atomic E-state index is 13.2. The van der Waals surface area contributed by atoms with Gasteiger partial charge in [-0.25, -0.2) is 4.39 Å². The van der Waals surface area contributed by atoms with Gasteiger partial charge in [0.15, 0.2) is 11.6 Å². The highest BCUT2D eigenvalue weighted by molar-refractivity contribution is 5.48. The highest BCUT2D eigenvalue weighted by atomic mass is 19.1. The van der Waals surface area contributed by atoms with E-state index in [1.807, 2.05) is 0 Å². The zero-order valence-corrected chi connectivity index (χ0v) is 11.7. The van der Waals surface area contributed by atoms with Crippen LogP contribution in [0.3, 0.4) is 0 Å². The smallest absolute Gasteiger partial charge is 0.165 e. The van der Waals surface area contributed by atoms with Gasteiger partial charge in [0.25, 0.3) is 0 Å². The van der Waals surface area contributed by atoms with Gasteiger partial charge in [0.05, 0.1) is 26.1 Å². The molecule has 2 rings (SSSR count). The van der Waals surface area contributed by atoms with E-state index in [1.165, 1.54) is 19.2 Å². The van der Waals surface area contributed by atoms with Crippen molar-refractivity contribution >= 4 is 5.69 Å². The van der Waals surface area contributed by atoms with Crippen LogP contribution in [0.25, 0.3) is 0 Å². The van der Waals surface area contributed by atoms with Crippen molar-refractivity contribution in [3.05, 3.63) is 48.2 Å². The van der Waals surface area contributed by atoms with Gasteiger partial charge < -0.3 is 24.3 Å². The molecule has 1 aromatic carbocycles. The Morgan fingerprint density at radius 1 is 1.38 bits per heavy atom. The molecule has 1 unspecified atom stereocenters. The van der Waals surface area contributed by atoms with E-state index in [4.69, 9.17) is 13.9 Å². The number of rotatable bonds is 8. The van der Waals surface area contributed by atoms with Gasteiger partial charge in [-0.1, -0.05) is 0 Å². The van der Waals surface area contributed by atoms with E-state index < -0.39 is 11.9 Å². The monoisotopic (exact) mass is 295 g/mol. The number of halogens is 1. The van der Waals surface area contributed by atoms with Crippen LogP contribution in [0, 0.1) is 5.82 Å². The van der Waals surface area contributed by atoms with Gasteiger partial charge in [0.2, 0.25) is 0 Å². The fourth-order valence-corrected chi connectivity index (χ4v) is 1.75. The fourth-order valence-electron chi connectivity index (χ4n) is 1.75. The Hall–Kier alpha value is -2.05. The third-order valence-electron chi connectivity index (χ3n) is 2.83. The second-order valence-electron chi connectivity index (χ2n) is 4.48. The molecule has 2 N–H and O–H groups in total. The number of hydrogen-bond donors (Lipinski definition) is 2. The molecule has 1 atom stereocenters. The molecule has 0 bridgehead atoms. The molecular formula is C15H18FNO4. The summed E-state index contributed by atoms with van der Waals surface area (Å²) in [5.41, 5.74) is 0.665. The highest BCUT2D eigenvalue weighted by Gasteiger charge is 2.07. The molecule has 0 spiro atoms.